The fraction of sp³-hybridized carbons (Fsp3) is 0.417. The van der Waals surface area contributed by atoms with Crippen LogP contribution in [0.3, 0.4) is 0 Å². The molecule has 156 valence electrons. The van der Waals surface area contributed by atoms with Crippen molar-refractivity contribution in [2.24, 2.45) is 0 Å². The van der Waals surface area contributed by atoms with Crippen LogP contribution in [0.1, 0.15) is 76.0 Å². The zero-order valence-electron chi connectivity index (χ0n) is 18.2. The molecule has 0 aromatic heterocycles. The summed E-state index contributed by atoms with van der Waals surface area (Å²) in [4.78, 5) is 12.4. The highest BCUT2D eigenvalue weighted by molar-refractivity contribution is 7.80. The van der Waals surface area contributed by atoms with Crippen molar-refractivity contribution >= 4 is 28.9 Å². The molecule has 0 heterocycles. The molecule has 0 aliphatic heterocycles. The summed E-state index contributed by atoms with van der Waals surface area (Å²) in [7, 11) is 0. The van der Waals surface area contributed by atoms with Crippen LogP contribution in [-0.2, 0) is 4.79 Å². The zero-order chi connectivity index (χ0) is 21.6. The van der Waals surface area contributed by atoms with Crippen LogP contribution in [0.25, 0.3) is 0 Å². The van der Waals surface area contributed by atoms with Gasteiger partial charge in [-0.05, 0) is 52.7 Å². The normalized spacial score (nSPS) is 11.1. The third-order valence-electron chi connectivity index (χ3n) is 4.76. The SMILES string of the molecule is CC(C)c1ccccc1OCC(=O)NC(=S)Nc1c(C(C)C)cccc1C(C)C. The number of carbonyl (C=O) groups excluding carboxylic acids is 1. The van der Waals surface area contributed by atoms with Crippen LogP contribution in [0.15, 0.2) is 42.5 Å². The molecule has 4 nitrogen and oxygen atoms in total. The second kappa shape index (κ2) is 10.4. The number of ether oxygens (including phenoxy) is 1. The van der Waals surface area contributed by atoms with Gasteiger partial charge in [0, 0.05) is 5.69 Å². The maximum absolute atomic E-state index is 12.4. The molecule has 0 unspecified atom stereocenters. The number of rotatable bonds is 7. The molecule has 0 atom stereocenters. The van der Waals surface area contributed by atoms with Crippen molar-refractivity contribution in [1.29, 1.82) is 0 Å². The lowest BCUT2D eigenvalue weighted by Gasteiger charge is -2.21. The summed E-state index contributed by atoms with van der Waals surface area (Å²) in [5, 5.41) is 6.26. The van der Waals surface area contributed by atoms with E-state index in [1.807, 2.05) is 24.3 Å². The summed E-state index contributed by atoms with van der Waals surface area (Å²) in [6.45, 7) is 12.7. The van der Waals surface area contributed by atoms with Crippen molar-refractivity contribution in [3.8, 4) is 5.75 Å². The summed E-state index contributed by atoms with van der Waals surface area (Å²) in [5.74, 6) is 1.44. The Kier molecular flexibility index (Phi) is 8.21. The lowest BCUT2D eigenvalue weighted by atomic mass is 9.93. The predicted octanol–water partition coefficient (Wildman–Crippen LogP) is 5.95. The largest absolute Gasteiger partial charge is 0.483 e. The van der Waals surface area contributed by atoms with Gasteiger partial charge in [0.2, 0.25) is 0 Å². The number of amides is 1. The number of hydrogen-bond donors (Lipinski definition) is 2. The summed E-state index contributed by atoms with van der Waals surface area (Å²) in [5.41, 5.74) is 4.41. The van der Waals surface area contributed by atoms with Gasteiger partial charge in [-0.2, -0.15) is 0 Å². The van der Waals surface area contributed by atoms with E-state index >= 15 is 0 Å². The molecule has 0 fully saturated rings. The number of anilines is 1. The molecule has 0 saturated heterocycles. The first kappa shape index (κ1) is 22.9. The van der Waals surface area contributed by atoms with Crippen LogP contribution in [0.2, 0.25) is 0 Å². The fourth-order valence-electron chi connectivity index (χ4n) is 3.24. The molecule has 0 radical (unpaired) electrons. The highest BCUT2D eigenvalue weighted by Gasteiger charge is 2.16. The molecule has 2 aromatic carbocycles. The van der Waals surface area contributed by atoms with Crippen LogP contribution in [0.5, 0.6) is 5.75 Å². The minimum atomic E-state index is -0.283. The van der Waals surface area contributed by atoms with Crippen LogP contribution >= 0.6 is 12.2 Å². The Morgan fingerprint density at radius 2 is 1.38 bits per heavy atom. The number of carbonyl (C=O) groups is 1. The zero-order valence-corrected chi connectivity index (χ0v) is 19.0. The van der Waals surface area contributed by atoms with Gasteiger partial charge in [-0.3, -0.25) is 10.1 Å². The predicted molar refractivity (Wildman–Crippen MR) is 125 cm³/mol. The average molecular weight is 413 g/mol. The first-order chi connectivity index (χ1) is 13.7. The number of thiocarbonyl (C=S) groups is 1. The van der Waals surface area contributed by atoms with Crippen LogP contribution in [-0.4, -0.2) is 17.6 Å². The highest BCUT2D eigenvalue weighted by atomic mass is 32.1. The van der Waals surface area contributed by atoms with E-state index in [0.29, 0.717) is 17.8 Å². The second-order valence-electron chi connectivity index (χ2n) is 8.10. The standard InChI is InChI=1S/C24H32N2O2S/c1-15(2)18-10-7-8-13-21(18)28-14-22(27)25-24(29)26-23-19(16(3)4)11-9-12-20(23)17(5)6/h7-13,15-17H,14H2,1-6H3,(H2,25,26,27,29). The molecule has 0 aliphatic rings. The van der Waals surface area contributed by atoms with Crippen molar-refractivity contribution in [1.82, 2.24) is 5.32 Å². The van der Waals surface area contributed by atoms with E-state index in [0.717, 1.165) is 17.0 Å². The first-order valence-electron chi connectivity index (χ1n) is 10.2. The fourth-order valence-corrected chi connectivity index (χ4v) is 3.45. The summed E-state index contributed by atoms with van der Waals surface area (Å²) in [6.07, 6.45) is 0. The summed E-state index contributed by atoms with van der Waals surface area (Å²) in [6, 6.07) is 14.0. The molecule has 1 amide bonds. The third kappa shape index (κ3) is 6.29. The molecule has 0 saturated carbocycles. The van der Waals surface area contributed by atoms with Gasteiger partial charge in [0.25, 0.3) is 5.91 Å². The topological polar surface area (TPSA) is 50.4 Å². The average Bonchev–Trinajstić information content (AvgIpc) is 2.66. The van der Waals surface area contributed by atoms with E-state index in [1.165, 1.54) is 11.1 Å². The number of hydrogen-bond acceptors (Lipinski definition) is 3. The van der Waals surface area contributed by atoms with Gasteiger partial charge in [-0.1, -0.05) is 77.9 Å². The quantitative estimate of drug-likeness (QED) is 0.552. The van der Waals surface area contributed by atoms with E-state index in [2.05, 4.69) is 70.4 Å². The van der Waals surface area contributed by atoms with Gasteiger partial charge >= 0.3 is 0 Å². The van der Waals surface area contributed by atoms with Gasteiger partial charge in [0.05, 0.1) is 0 Å². The van der Waals surface area contributed by atoms with E-state index in [9.17, 15) is 4.79 Å². The van der Waals surface area contributed by atoms with Crippen molar-refractivity contribution in [3.63, 3.8) is 0 Å². The minimum absolute atomic E-state index is 0.0889. The number of nitrogens with one attached hydrogen (secondary N) is 2. The minimum Gasteiger partial charge on any atom is -0.483 e. The summed E-state index contributed by atoms with van der Waals surface area (Å²) >= 11 is 5.40. The molecule has 2 aromatic rings. The van der Waals surface area contributed by atoms with Crippen LogP contribution in [0.4, 0.5) is 5.69 Å². The number of para-hydroxylation sites is 2. The van der Waals surface area contributed by atoms with Crippen molar-refractivity contribution in [2.75, 3.05) is 11.9 Å². The molecular formula is C24H32N2O2S. The Morgan fingerprint density at radius 1 is 0.862 bits per heavy atom. The maximum atomic E-state index is 12.4. The van der Waals surface area contributed by atoms with Crippen molar-refractivity contribution in [2.45, 2.75) is 59.3 Å². The second-order valence-corrected chi connectivity index (χ2v) is 8.51. The molecule has 0 spiro atoms. The van der Waals surface area contributed by atoms with E-state index in [1.54, 1.807) is 0 Å². The molecule has 0 aliphatic carbocycles. The van der Waals surface area contributed by atoms with Gasteiger partial charge in [0.1, 0.15) is 5.75 Å². The molecule has 29 heavy (non-hydrogen) atoms. The lowest BCUT2D eigenvalue weighted by molar-refractivity contribution is -0.121. The number of benzene rings is 2. The van der Waals surface area contributed by atoms with Crippen LogP contribution in [0, 0.1) is 0 Å². The monoisotopic (exact) mass is 412 g/mol. The van der Waals surface area contributed by atoms with Gasteiger partial charge in [0.15, 0.2) is 11.7 Å². The van der Waals surface area contributed by atoms with E-state index in [-0.39, 0.29) is 17.6 Å². The van der Waals surface area contributed by atoms with Gasteiger partial charge in [-0.15, -0.1) is 0 Å². The Balaban J connectivity index is 2.04. The molecule has 5 heteroatoms. The van der Waals surface area contributed by atoms with Gasteiger partial charge < -0.3 is 10.1 Å². The summed E-state index contributed by atoms with van der Waals surface area (Å²) < 4.78 is 5.74. The van der Waals surface area contributed by atoms with E-state index in [4.69, 9.17) is 17.0 Å². The highest BCUT2D eigenvalue weighted by Crippen LogP contribution is 2.32. The molecule has 2 N–H and O–H groups in total. The molecule has 0 bridgehead atoms. The molecule has 2 rings (SSSR count). The maximum Gasteiger partial charge on any atom is 0.264 e. The van der Waals surface area contributed by atoms with Crippen molar-refractivity contribution in [3.05, 3.63) is 59.2 Å². The Bertz CT molecular complexity index is 833. The van der Waals surface area contributed by atoms with Gasteiger partial charge in [-0.25, -0.2) is 0 Å². The smallest absolute Gasteiger partial charge is 0.264 e. The lowest BCUT2D eigenvalue weighted by Crippen LogP contribution is -2.37. The van der Waals surface area contributed by atoms with E-state index < -0.39 is 0 Å². The first-order valence-corrected chi connectivity index (χ1v) is 10.6. The Labute approximate surface area is 180 Å². The van der Waals surface area contributed by atoms with Crippen LogP contribution < -0.4 is 15.4 Å². The molecular weight excluding hydrogens is 380 g/mol. The Morgan fingerprint density at radius 3 is 1.93 bits per heavy atom. The third-order valence-corrected chi connectivity index (χ3v) is 4.97. The Hall–Kier alpha value is -2.40. The van der Waals surface area contributed by atoms with Crippen molar-refractivity contribution < 1.29 is 9.53 Å².